The normalized spacial score (nSPS) is 10.7. The quantitative estimate of drug-likeness (QED) is 0.418. The van der Waals surface area contributed by atoms with E-state index in [2.05, 4.69) is 10.5 Å². The molecule has 1 aromatic heterocycles. The predicted molar refractivity (Wildman–Crippen MR) is 102 cm³/mol. The number of hydrogen-bond acceptors (Lipinski definition) is 7. The Balaban J connectivity index is 2.31. The number of nitrogens with one attached hydrogen (secondary N) is 1. The van der Waals surface area contributed by atoms with Gasteiger partial charge in [-0.15, -0.1) is 0 Å². The summed E-state index contributed by atoms with van der Waals surface area (Å²) in [6, 6.07) is 5.58. The Morgan fingerprint density at radius 2 is 1.96 bits per heavy atom. The second kappa shape index (κ2) is 9.31. The molecule has 10 nitrogen and oxygen atoms in total. The maximum Gasteiger partial charge on any atom is 0.311 e. The van der Waals surface area contributed by atoms with Gasteiger partial charge in [0.05, 0.1) is 24.4 Å². The Morgan fingerprint density at radius 1 is 1.29 bits per heavy atom. The van der Waals surface area contributed by atoms with Crippen LogP contribution in [0.2, 0.25) is 0 Å². The van der Waals surface area contributed by atoms with E-state index in [-0.39, 0.29) is 29.2 Å². The third-order valence-electron chi connectivity index (χ3n) is 3.63. The van der Waals surface area contributed by atoms with Gasteiger partial charge in [-0.05, 0) is 26.0 Å². The molecule has 1 N–H and O–H groups in total. The van der Waals surface area contributed by atoms with Crippen LogP contribution >= 0.6 is 0 Å². The minimum Gasteiger partial charge on any atom is -0.493 e. The van der Waals surface area contributed by atoms with E-state index in [0.717, 1.165) is 0 Å². The van der Waals surface area contributed by atoms with Crippen molar-refractivity contribution in [1.29, 1.82) is 0 Å². The minimum atomic E-state index is -0.698. The molecule has 2 aromatic rings. The number of amides is 1. The summed E-state index contributed by atoms with van der Waals surface area (Å²) in [5, 5.41) is 15.1. The lowest BCUT2D eigenvalue weighted by molar-refractivity contribution is -0.385. The Morgan fingerprint density at radius 3 is 2.61 bits per heavy atom. The van der Waals surface area contributed by atoms with Crippen LogP contribution in [-0.2, 0) is 7.05 Å². The smallest absolute Gasteiger partial charge is 0.311 e. The van der Waals surface area contributed by atoms with Crippen LogP contribution in [0.4, 0.5) is 5.69 Å². The average Bonchev–Trinajstić information content (AvgIpc) is 2.65. The summed E-state index contributed by atoms with van der Waals surface area (Å²) in [6.45, 7) is 4.04. The molecule has 0 fully saturated rings. The van der Waals surface area contributed by atoms with E-state index >= 15 is 0 Å². The molecule has 0 saturated heterocycles. The van der Waals surface area contributed by atoms with Crippen molar-refractivity contribution in [2.24, 2.45) is 12.1 Å². The van der Waals surface area contributed by atoms with Crippen LogP contribution in [-0.4, -0.2) is 34.8 Å². The van der Waals surface area contributed by atoms with E-state index in [0.29, 0.717) is 12.4 Å². The highest BCUT2D eigenvalue weighted by atomic mass is 16.6. The van der Waals surface area contributed by atoms with Gasteiger partial charge in [0.2, 0.25) is 5.75 Å². The predicted octanol–water partition coefficient (Wildman–Crippen LogP) is 1.85. The van der Waals surface area contributed by atoms with E-state index in [9.17, 15) is 19.7 Å². The summed E-state index contributed by atoms with van der Waals surface area (Å²) >= 11 is 0. The Labute approximate surface area is 160 Å². The van der Waals surface area contributed by atoms with Gasteiger partial charge < -0.3 is 14.0 Å². The van der Waals surface area contributed by atoms with Crippen LogP contribution in [0.3, 0.4) is 0 Å². The number of nitro benzene ring substituents is 1. The molecule has 2 rings (SSSR count). The maximum absolute atomic E-state index is 12.1. The van der Waals surface area contributed by atoms with Gasteiger partial charge in [0, 0.05) is 30.9 Å². The molecule has 0 saturated carbocycles. The van der Waals surface area contributed by atoms with Gasteiger partial charge in [0.25, 0.3) is 11.5 Å². The third-order valence-corrected chi connectivity index (χ3v) is 3.63. The van der Waals surface area contributed by atoms with Gasteiger partial charge >= 0.3 is 5.69 Å². The van der Waals surface area contributed by atoms with Crippen molar-refractivity contribution in [3.63, 3.8) is 0 Å². The molecule has 0 aliphatic carbocycles. The van der Waals surface area contributed by atoms with Crippen molar-refractivity contribution in [1.82, 2.24) is 9.99 Å². The van der Waals surface area contributed by atoms with Crippen molar-refractivity contribution in [3.05, 3.63) is 62.1 Å². The fourth-order valence-corrected chi connectivity index (χ4v) is 2.35. The lowest BCUT2D eigenvalue weighted by Crippen LogP contribution is -2.29. The molecule has 0 aliphatic heterocycles. The number of aryl methyl sites for hydroxylation is 1. The molecule has 1 amide bonds. The van der Waals surface area contributed by atoms with Gasteiger partial charge in [-0.3, -0.25) is 19.7 Å². The van der Waals surface area contributed by atoms with Gasteiger partial charge in [-0.1, -0.05) is 0 Å². The van der Waals surface area contributed by atoms with Crippen LogP contribution in [0.5, 0.6) is 11.5 Å². The lowest BCUT2D eigenvalue weighted by Gasteiger charge is -2.10. The number of rotatable bonds is 8. The summed E-state index contributed by atoms with van der Waals surface area (Å²) in [7, 11) is 1.52. The van der Waals surface area contributed by atoms with Gasteiger partial charge in [-0.25, -0.2) is 5.43 Å². The van der Waals surface area contributed by atoms with Crippen molar-refractivity contribution in [3.8, 4) is 11.5 Å². The van der Waals surface area contributed by atoms with Crippen molar-refractivity contribution < 1.29 is 19.2 Å². The molecule has 10 heteroatoms. The van der Waals surface area contributed by atoms with Crippen LogP contribution in [0.15, 0.2) is 40.4 Å². The molecule has 1 heterocycles. The standard InChI is InChI=1S/C18H20N4O6/c1-4-27-15-10-16(28-5-2)14(22(25)26)9-12(15)11-19-20-17(23)13-7-6-8-21(3)18(13)24/h6-11H,4-5H2,1-3H3,(H,20,23)/b19-11-. The van der Waals surface area contributed by atoms with E-state index in [1.807, 2.05) is 0 Å². The van der Waals surface area contributed by atoms with Gasteiger partial charge in [0.1, 0.15) is 11.3 Å². The first-order valence-electron chi connectivity index (χ1n) is 8.46. The highest BCUT2D eigenvalue weighted by Gasteiger charge is 2.20. The number of hydrogen-bond donors (Lipinski definition) is 1. The highest BCUT2D eigenvalue weighted by molar-refractivity contribution is 5.95. The molecular formula is C18H20N4O6. The molecule has 0 unspecified atom stereocenters. The lowest BCUT2D eigenvalue weighted by atomic mass is 10.1. The average molecular weight is 388 g/mol. The van der Waals surface area contributed by atoms with E-state index < -0.39 is 16.4 Å². The summed E-state index contributed by atoms with van der Waals surface area (Å²) < 4.78 is 12.0. The Kier molecular flexibility index (Phi) is 6.85. The Bertz CT molecular complexity index is 967. The topological polar surface area (TPSA) is 125 Å². The third kappa shape index (κ3) is 4.72. The maximum atomic E-state index is 12.1. The number of hydrazone groups is 1. The molecule has 0 aliphatic rings. The second-order valence-electron chi connectivity index (χ2n) is 5.52. The Hall–Kier alpha value is -3.69. The summed E-state index contributed by atoms with van der Waals surface area (Å²) in [5.41, 5.74) is 1.71. The molecule has 0 spiro atoms. The van der Waals surface area contributed by atoms with E-state index in [4.69, 9.17) is 9.47 Å². The fraction of sp³-hybridized carbons (Fsp3) is 0.278. The zero-order valence-electron chi connectivity index (χ0n) is 15.7. The summed E-state index contributed by atoms with van der Waals surface area (Å²) in [6.07, 6.45) is 2.73. The molecule has 28 heavy (non-hydrogen) atoms. The number of benzene rings is 1. The van der Waals surface area contributed by atoms with Crippen LogP contribution in [0.1, 0.15) is 29.8 Å². The SMILES string of the molecule is CCOc1cc(OCC)c([N+](=O)[O-])cc1/C=N\NC(=O)c1cccn(C)c1=O. The molecule has 0 radical (unpaired) electrons. The molecule has 0 bridgehead atoms. The van der Waals surface area contributed by atoms with E-state index in [1.165, 1.54) is 42.2 Å². The molecule has 0 atom stereocenters. The fourth-order valence-electron chi connectivity index (χ4n) is 2.35. The minimum absolute atomic E-state index is 0.0740. The van der Waals surface area contributed by atoms with Crippen LogP contribution in [0.25, 0.3) is 0 Å². The van der Waals surface area contributed by atoms with Crippen LogP contribution in [0, 0.1) is 10.1 Å². The first kappa shape index (κ1) is 20.6. The number of aromatic nitrogens is 1. The first-order chi connectivity index (χ1) is 13.4. The second-order valence-corrected chi connectivity index (χ2v) is 5.52. The summed E-state index contributed by atoms with van der Waals surface area (Å²) in [5.74, 6) is -0.314. The zero-order valence-corrected chi connectivity index (χ0v) is 15.7. The zero-order chi connectivity index (χ0) is 20.7. The summed E-state index contributed by atoms with van der Waals surface area (Å²) in [4.78, 5) is 34.8. The molecule has 1 aromatic carbocycles. The number of nitro groups is 1. The van der Waals surface area contributed by atoms with E-state index in [1.54, 1.807) is 19.9 Å². The number of carbonyl (C=O) groups excluding carboxylic acids is 1. The monoisotopic (exact) mass is 388 g/mol. The van der Waals surface area contributed by atoms with Crippen LogP contribution < -0.4 is 20.5 Å². The van der Waals surface area contributed by atoms with Gasteiger partial charge in [-0.2, -0.15) is 5.10 Å². The highest BCUT2D eigenvalue weighted by Crippen LogP contribution is 2.34. The van der Waals surface area contributed by atoms with Crippen molar-refractivity contribution in [2.45, 2.75) is 13.8 Å². The number of ether oxygens (including phenoxy) is 2. The van der Waals surface area contributed by atoms with Crippen molar-refractivity contribution in [2.75, 3.05) is 13.2 Å². The number of carbonyl (C=O) groups is 1. The van der Waals surface area contributed by atoms with Crippen molar-refractivity contribution >= 4 is 17.8 Å². The first-order valence-corrected chi connectivity index (χ1v) is 8.46. The molecule has 148 valence electrons. The largest absolute Gasteiger partial charge is 0.493 e. The van der Waals surface area contributed by atoms with Gasteiger partial charge in [0.15, 0.2) is 0 Å². The number of pyridine rings is 1. The molecular weight excluding hydrogens is 368 g/mol. The number of nitrogens with zero attached hydrogens (tertiary/aromatic N) is 3.